The molecule has 0 spiro atoms. The number of hydrogen-bond acceptors (Lipinski definition) is 3. The minimum Gasteiger partial charge on any atom is -0.459 e. The Bertz CT molecular complexity index is 424. The lowest BCUT2D eigenvalue weighted by Gasteiger charge is -2.45. The maximum Gasteiger partial charge on any atom is 0.333 e. The van der Waals surface area contributed by atoms with E-state index in [1.54, 1.807) is 13.0 Å². The summed E-state index contributed by atoms with van der Waals surface area (Å²) in [6, 6.07) is 0. The Hall–Kier alpha value is -1.12. The molecule has 4 unspecified atom stereocenters. The van der Waals surface area contributed by atoms with Gasteiger partial charge in [0.2, 0.25) is 0 Å². The van der Waals surface area contributed by atoms with Gasteiger partial charge in [0.25, 0.3) is 0 Å². The quantitative estimate of drug-likeness (QED) is 0.568. The predicted molar refractivity (Wildman–Crippen MR) is 73.5 cm³/mol. The lowest BCUT2D eigenvalue weighted by Crippen LogP contribution is -2.44. The molecule has 3 heteroatoms. The molecule has 2 rings (SSSR count). The summed E-state index contributed by atoms with van der Waals surface area (Å²) in [7, 11) is 0. The van der Waals surface area contributed by atoms with Gasteiger partial charge in [0.15, 0.2) is 0 Å². The summed E-state index contributed by atoms with van der Waals surface area (Å²) in [6.45, 7) is 7.94. The van der Waals surface area contributed by atoms with Gasteiger partial charge < -0.3 is 4.74 Å². The third-order valence-corrected chi connectivity index (χ3v) is 5.40. The van der Waals surface area contributed by atoms with Crippen molar-refractivity contribution in [2.75, 3.05) is 0 Å². The second-order valence-electron chi connectivity index (χ2n) is 6.40. The number of Topliss-reactive ketones (excluding diaryl/α,β-unsaturated/α-hetero) is 1. The van der Waals surface area contributed by atoms with Crippen LogP contribution in [0.2, 0.25) is 0 Å². The van der Waals surface area contributed by atoms with Crippen LogP contribution in [-0.4, -0.2) is 17.9 Å². The molecular formula is C16H24O3. The van der Waals surface area contributed by atoms with Crippen LogP contribution in [-0.2, 0) is 14.3 Å². The molecule has 0 amide bonds. The Kier molecular flexibility index (Phi) is 3.84. The standard InChI is InChI=1S/C16H24O3/c1-5-10(2)15(18)19-14-7-6-12-8-13(17)9-16(12,4)11(14)3/h5,11-12,14H,6-9H2,1-4H3. The summed E-state index contributed by atoms with van der Waals surface area (Å²) in [5.74, 6) is 0.890. The van der Waals surface area contributed by atoms with Crippen LogP contribution in [0.3, 0.4) is 0 Å². The number of rotatable bonds is 2. The van der Waals surface area contributed by atoms with Gasteiger partial charge >= 0.3 is 5.97 Å². The third kappa shape index (κ3) is 2.47. The van der Waals surface area contributed by atoms with Crippen LogP contribution in [0.1, 0.15) is 53.4 Å². The number of ketones is 1. The molecule has 2 aliphatic carbocycles. The fourth-order valence-electron chi connectivity index (χ4n) is 3.66. The van der Waals surface area contributed by atoms with Crippen molar-refractivity contribution >= 4 is 11.8 Å². The van der Waals surface area contributed by atoms with Crippen molar-refractivity contribution in [3.63, 3.8) is 0 Å². The van der Waals surface area contributed by atoms with E-state index in [1.807, 2.05) is 6.92 Å². The van der Waals surface area contributed by atoms with Crippen LogP contribution < -0.4 is 0 Å². The molecule has 0 saturated heterocycles. The van der Waals surface area contributed by atoms with Gasteiger partial charge in [-0.25, -0.2) is 4.79 Å². The molecule has 2 fully saturated rings. The summed E-state index contributed by atoms with van der Waals surface area (Å²) in [4.78, 5) is 23.6. The molecule has 0 aromatic carbocycles. The van der Waals surface area contributed by atoms with E-state index < -0.39 is 0 Å². The molecule has 4 atom stereocenters. The first-order chi connectivity index (χ1) is 8.88. The van der Waals surface area contributed by atoms with Gasteiger partial charge in [-0.2, -0.15) is 0 Å². The second kappa shape index (κ2) is 5.10. The first kappa shape index (κ1) is 14.3. The highest BCUT2D eigenvalue weighted by atomic mass is 16.5. The van der Waals surface area contributed by atoms with Gasteiger partial charge in [-0.3, -0.25) is 4.79 Å². The van der Waals surface area contributed by atoms with Gasteiger partial charge in [-0.05, 0) is 43.9 Å². The lowest BCUT2D eigenvalue weighted by molar-refractivity contribution is -0.154. The fraction of sp³-hybridized carbons (Fsp3) is 0.750. The van der Waals surface area contributed by atoms with E-state index in [-0.39, 0.29) is 23.4 Å². The van der Waals surface area contributed by atoms with E-state index in [0.29, 0.717) is 23.7 Å². The molecule has 3 nitrogen and oxygen atoms in total. The highest BCUT2D eigenvalue weighted by Crippen LogP contribution is 2.54. The predicted octanol–water partition coefficient (Wildman–Crippen LogP) is 3.28. The molecule has 0 heterocycles. The molecule has 0 aromatic heterocycles. The highest BCUT2D eigenvalue weighted by molar-refractivity contribution is 5.87. The number of ether oxygens (including phenoxy) is 1. The van der Waals surface area contributed by atoms with E-state index >= 15 is 0 Å². The number of hydrogen-bond donors (Lipinski definition) is 0. The van der Waals surface area contributed by atoms with Gasteiger partial charge in [0.05, 0.1) is 0 Å². The summed E-state index contributed by atoms with van der Waals surface area (Å²) < 4.78 is 5.65. The van der Waals surface area contributed by atoms with Crippen LogP contribution >= 0.6 is 0 Å². The van der Waals surface area contributed by atoms with Crippen molar-refractivity contribution in [2.45, 2.75) is 59.5 Å². The van der Waals surface area contributed by atoms with Crippen molar-refractivity contribution in [2.24, 2.45) is 17.3 Å². The second-order valence-corrected chi connectivity index (χ2v) is 6.40. The van der Waals surface area contributed by atoms with Crippen molar-refractivity contribution in [3.05, 3.63) is 11.6 Å². The average Bonchev–Trinajstić information content (AvgIpc) is 2.68. The monoisotopic (exact) mass is 264 g/mol. The van der Waals surface area contributed by atoms with E-state index in [4.69, 9.17) is 4.74 Å². The molecule has 0 radical (unpaired) electrons. The Morgan fingerprint density at radius 1 is 1.42 bits per heavy atom. The third-order valence-electron chi connectivity index (χ3n) is 5.40. The van der Waals surface area contributed by atoms with Crippen LogP contribution in [0.4, 0.5) is 0 Å². The molecule has 2 aliphatic rings. The van der Waals surface area contributed by atoms with Crippen molar-refractivity contribution < 1.29 is 14.3 Å². The Morgan fingerprint density at radius 2 is 2.11 bits per heavy atom. The normalized spacial score (nSPS) is 39.1. The zero-order valence-corrected chi connectivity index (χ0v) is 12.4. The number of carbonyl (C=O) groups excluding carboxylic acids is 2. The summed E-state index contributed by atoms with van der Waals surface area (Å²) in [5.41, 5.74) is 0.673. The van der Waals surface area contributed by atoms with E-state index in [9.17, 15) is 9.59 Å². The Balaban J connectivity index is 2.09. The number of esters is 1. The summed E-state index contributed by atoms with van der Waals surface area (Å²) >= 11 is 0. The SMILES string of the molecule is CC=C(C)C(=O)OC1CCC2CC(=O)CC2(C)C1C. The molecule has 0 N–H and O–H groups in total. The van der Waals surface area contributed by atoms with Crippen molar-refractivity contribution in [1.82, 2.24) is 0 Å². The average molecular weight is 264 g/mol. The minimum atomic E-state index is -0.217. The van der Waals surface area contributed by atoms with Crippen molar-refractivity contribution in [1.29, 1.82) is 0 Å². The Labute approximate surface area is 115 Å². The van der Waals surface area contributed by atoms with E-state index in [1.165, 1.54) is 0 Å². The molecular weight excluding hydrogens is 240 g/mol. The molecule has 0 aliphatic heterocycles. The van der Waals surface area contributed by atoms with Crippen LogP contribution in [0.5, 0.6) is 0 Å². The van der Waals surface area contributed by atoms with Gasteiger partial charge in [-0.1, -0.05) is 19.9 Å². The lowest BCUT2D eigenvalue weighted by atomic mass is 9.62. The molecule has 0 aromatic rings. The van der Waals surface area contributed by atoms with Crippen LogP contribution in [0.25, 0.3) is 0 Å². The van der Waals surface area contributed by atoms with Crippen molar-refractivity contribution in [3.8, 4) is 0 Å². The number of fused-ring (bicyclic) bond motifs is 1. The maximum absolute atomic E-state index is 11.9. The highest BCUT2D eigenvalue weighted by Gasteiger charge is 2.52. The fourth-order valence-corrected chi connectivity index (χ4v) is 3.66. The summed E-state index contributed by atoms with van der Waals surface area (Å²) in [6.07, 6.45) is 4.98. The topological polar surface area (TPSA) is 43.4 Å². The van der Waals surface area contributed by atoms with Gasteiger partial charge in [0.1, 0.15) is 11.9 Å². The smallest absolute Gasteiger partial charge is 0.333 e. The molecule has 19 heavy (non-hydrogen) atoms. The first-order valence-electron chi connectivity index (χ1n) is 7.24. The van der Waals surface area contributed by atoms with Crippen LogP contribution in [0.15, 0.2) is 11.6 Å². The van der Waals surface area contributed by atoms with Gasteiger partial charge in [0, 0.05) is 18.4 Å². The van der Waals surface area contributed by atoms with Crippen LogP contribution in [0, 0.1) is 17.3 Å². The van der Waals surface area contributed by atoms with E-state index in [2.05, 4.69) is 13.8 Å². The number of allylic oxidation sites excluding steroid dienone is 1. The maximum atomic E-state index is 11.9. The van der Waals surface area contributed by atoms with E-state index in [0.717, 1.165) is 19.3 Å². The zero-order chi connectivity index (χ0) is 14.2. The number of carbonyl (C=O) groups is 2. The molecule has 0 bridgehead atoms. The zero-order valence-electron chi connectivity index (χ0n) is 12.4. The molecule has 106 valence electrons. The largest absolute Gasteiger partial charge is 0.459 e. The Morgan fingerprint density at radius 3 is 2.74 bits per heavy atom. The van der Waals surface area contributed by atoms with Gasteiger partial charge in [-0.15, -0.1) is 0 Å². The first-order valence-corrected chi connectivity index (χ1v) is 7.24. The molecule has 2 saturated carbocycles. The minimum absolute atomic E-state index is 0.0180. The summed E-state index contributed by atoms with van der Waals surface area (Å²) in [5, 5.41) is 0.